The second-order valence-corrected chi connectivity index (χ2v) is 6.08. The van der Waals surface area contributed by atoms with Gasteiger partial charge >= 0.3 is 5.97 Å². The van der Waals surface area contributed by atoms with Gasteiger partial charge in [-0.2, -0.15) is 0 Å². The number of rotatable bonds is 4. The Morgan fingerprint density at radius 3 is 2.67 bits per heavy atom. The normalized spacial score (nSPS) is 10.8. The minimum atomic E-state index is -1.02. The number of benzene rings is 1. The SMILES string of the molecule is Cc1cc(/C=C/C(=O)O)cc(NC(=O)c2ccc(Cl)s2)c1. The summed E-state index contributed by atoms with van der Waals surface area (Å²) in [6.45, 7) is 1.87. The zero-order valence-corrected chi connectivity index (χ0v) is 12.7. The molecule has 0 saturated heterocycles. The molecule has 0 unspecified atom stereocenters. The molecule has 0 atom stereocenters. The Kier molecular flexibility index (Phi) is 4.77. The zero-order chi connectivity index (χ0) is 15.4. The maximum Gasteiger partial charge on any atom is 0.328 e. The maximum atomic E-state index is 12.0. The molecule has 0 aliphatic rings. The number of hydrogen-bond donors (Lipinski definition) is 2. The lowest BCUT2D eigenvalue weighted by atomic mass is 10.1. The summed E-state index contributed by atoms with van der Waals surface area (Å²) >= 11 is 7.00. The highest BCUT2D eigenvalue weighted by molar-refractivity contribution is 7.18. The number of carboxylic acids is 1. The molecular formula is C15H12ClNO3S. The van der Waals surface area contributed by atoms with Crippen molar-refractivity contribution in [1.29, 1.82) is 0 Å². The number of nitrogens with one attached hydrogen (secondary N) is 1. The third kappa shape index (κ3) is 4.44. The van der Waals surface area contributed by atoms with Gasteiger partial charge in [-0.05, 0) is 48.4 Å². The summed E-state index contributed by atoms with van der Waals surface area (Å²) in [5.74, 6) is -1.26. The number of carbonyl (C=O) groups is 2. The Hall–Kier alpha value is -2.11. The Bertz CT molecular complexity index is 721. The van der Waals surface area contributed by atoms with Gasteiger partial charge in [-0.3, -0.25) is 4.79 Å². The molecular weight excluding hydrogens is 310 g/mol. The van der Waals surface area contributed by atoms with Gasteiger partial charge in [0.15, 0.2) is 0 Å². The molecule has 0 saturated carbocycles. The van der Waals surface area contributed by atoms with Crippen molar-refractivity contribution in [2.24, 2.45) is 0 Å². The molecule has 0 bridgehead atoms. The van der Waals surface area contributed by atoms with Crippen molar-refractivity contribution in [3.8, 4) is 0 Å². The van der Waals surface area contributed by atoms with Crippen molar-refractivity contribution in [3.63, 3.8) is 0 Å². The average molecular weight is 322 g/mol. The summed E-state index contributed by atoms with van der Waals surface area (Å²) in [7, 11) is 0. The van der Waals surface area contributed by atoms with Crippen LogP contribution in [0.3, 0.4) is 0 Å². The third-order valence-corrected chi connectivity index (χ3v) is 3.80. The van der Waals surface area contributed by atoms with E-state index in [4.69, 9.17) is 16.7 Å². The lowest BCUT2D eigenvalue weighted by Gasteiger charge is -2.06. The minimum Gasteiger partial charge on any atom is -0.478 e. The van der Waals surface area contributed by atoms with Crippen molar-refractivity contribution >= 4 is 46.6 Å². The fraction of sp³-hybridized carbons (Fsp3) is 0.0667. The molecule has 2 rings (SSSR count). The molecule has 1 aromatic carbocycles. The van der Waals surface area contributed by atoms with Gasteiger partial charge in [-0.15, -0.1) is 11.3 Å². The standard InChI is InChI=1S/C15H12ClNO3S/c1-9-6-10(2-5-14(18)19)8-11(7-9)17-15(20)12-3-4-13(16)21-12/h2-8H,1H3,(H,17,20)(H,18,19)/b5-2+. The summed E-state index contributed by atoms with van der Waals surface area (Å²) in [6.07, 6.45) is 2.53. The van der Waals surface area contributed by atoms with Gasteiger partial charge in [0.25, 0.3) is 5.91 Å². The first kappa shape index (κ1) is 15.3. The van der Waals surface area contributed by atoms with Crippen LogP contribution in [0.4, 0.5) is 5.69 Å². The predicted octanol–water partition coefficient (Wildman–Crippen LogP) is 4.06. The van der Waals surface area contributed by atoms with Gasteiger partial charge in [0.2, 0.25) is 0 Å². The van der Waals surface area contributed by atoms with Gasteiger partial charge in [-0.1, -0.05) is 17.7 Å². The number of hydrogen-bond acceptors (Lipinski definition) is 3. The Morgan fingerprint density at radius 1 is 1.29 bits per heavy atom. The smallest absolute Gasteiger partial charge is 0.328 e. The van der Waals surface area contributed by atoms with Crippen LogP contribution < -0.4 is 5.32 Å². The van der Waals surface area contributed by atoms with Crippen LogP contribution in [0.15, 0.2) is 36.4 Å². The van der Waals surface area contributed by atoms with Crippen molar-refractivity contribution in [3.05, 3.63) is 56.7 Å². The van der Waals surface area contributed by atoms with E-state index in [0.717, 1.165) is 11.6 Å². The van der Waals surface area contributed by atoms with Crippen molar-refractivity contribution in [2.75, 3.05) is 5.32 Å². The Morgan fingerprint density at radius 2 is 2.05 bits per heavy atom. The highest BCUT2D eigenvalue weighted by Gasteiger charge is 2.09. The van der Waals surface area contributed by atoms with Gasteiger partial charge < -0.3 is 10.4 Å². The second kappa shape index (κ2) is 6.56. The first-order valence-electron chi connectivity index (χ1n) is 6.03. The first-order valence-corrected chi connectivity index (χ1v) is 7.23. The van der Waals surface area contributed by atoms with Crippen molar-refractivity contribution < 1.29 is 14.7 Å². The number of halogens is 1. The van der Waals surface area contributed by atoms with E-state index >= 15 is 0 Å². The second-order valence-electron chi connectivity index (χ2n) is 4.36. The molecule has 0 radical (unpaired) electrons. The third-order valence-electron chi connectivity index (χ3n) is 2.57. The Balaban J connectivity index is 2.20. The molecule has 108 valence electrons. The molecule has 1 amide bonds. The molecule has 6 heteroatoms. The lowest BCUT2D eigenvalue weighted by Crippen LogP contribution is -2.10. The highest BCUT2D eigenvalue weighted by atomic mass is 35.5. The number of thiophene rings is 1. The number of anilines is 1. The van der Waals surface area contributed by atoms with Gasteiger partial charge in [0.1, 0.15) is 0 Å². The molecule has 0 spiro atoms. The van der Waals surface area contributed by atoms with Crippen LogP contribution in [-0.2, 0) is 4.79 Å². The fourth-order valence-corrected chi connectivity index (χ4v) is 2.72. The molecule has 2 N–H and O–H groups in total. The fourth-order valence-electron chi connectivity index (χ4n) is 1.78. The highest BCUT2D eigenvalue weighted by Crippen LogP contribution is 2.23. The quantitative estimate of drug-likeness (QED) is 0.834. The number of aryl methyl sites for hydroxylation is 1. The van der Waals surface area contributed by atoms with Crippen molar-refractivity contribution in [1.82, 2.24) is 0 Å². The molecule has 0 aliphatic carbocycles. The number of aliphatic carboxylic acids is 1. The van der Waals surface area contributed by atoms with Gasteiger partial charge in [-0.25, -0.2) is 4.79 Å². The van der Waals surface area contributed by atoms with Crippen LogP contribution >= 0.6 is 22.9 Å². The summed E-state index contributed by atoms with van der Waals surface area (Å²) < 4.78 is 0.550. The Labute approximate surface area is 130 Å². The molecule has 21 heavy (non-hydrogen) atoms. The summed E-state index contributed by atoms with van der Waals surface area (Å²) in [5.41, 5.74) is 2.23. The van der Waals surface area contributed by atoms with E-state index in [-0.39, 0.29) is 5.91 Å². The average Bonchev–Trinajstić information content (AvgIpc) is 2.82. The van der Waals surface area contributed by atoms with E-state index in [9.17, 15) is 9.59 Å². The van der Waals surface area contributed by atoms with Crippen LogP contribution in [-0.4, -0.2) is 17.0 Å². The molecule has 1 heterocycles. The maximum absolute atomic E-state index is 12.0. The summed E-state index contributed by atoms with van der Waals surface area (Å²) in [5, 5.41) is 11.4. The van der Waals surface area contributed by atoms with E-state index in [1.54, 1.807) is 18.2 Å². The van der Waals surface area contributed by atoms with E-state index in [0.29, 0.717) is 20.5 Å². The molecule has 0 fully saturated rings. The number of carboxylic acid groups (broad SMARTS) is 1. The van der Waals surface area contributed by atoms with Gasteiger partial charge in [0.05, 0.1) is 9.21 Å². The molecule has 4 nitrogen and oxygen atoms in total. The predicted molar refractivity (Wildman–Crippen MR) is 85.1 cm³/mol. The van der Waals surface area contributed by atoms with E-state index in [2.05, 4.69) is 5.32 Å². The van der Waals surface area contributed by atoms with Crippen LogP contribution in [0, 0.1) is 6.92 Å². The molecule has 2 aromatic rings. The van der Waals surface area contributed by atoms with Gasteiger partial charge in [0, 0.05) is 11.8 Å². The number of amides is 1. The molecule has 0 aliphatic heterocycles. The first-order chi connectivity index (χ1) is 9.94. The van der Waals surface area contributed by atoms with E-state index in [1.807, 2.05) is 19.1 Å². The van der Waals surface area contributed by atoms with Crippen LogP contribution in [0.5, 0.6) is 0 Å². The van der Waals surface area contributed by atoms with Crippen LogP contribution in [0.25, 0.3) is 6.08 Å². The van der Waals surface area contributed by atoms with Crippen LogP contribution in [0.1, 0.15) is 20.8 Å². The largest absolute Gasteiger partial charge is 0.478 e. The van der Waals surface area contributed by atoms with E-state index in [1.165, 1.54) is 17.4 Å². The molecule has 1 aromatic heterocycles. The summed E-state index contributed by atoms with van der Waals surface area (Å²) in [4.78, 5) is 23.1. The number of carbonyl (C=O) groups excluding carboxylic acids is 1. The minimum absolute atomic E-state index is 0.245. The topological polar surface area (TPSA) is 66.4 Å². The van der Waals surface area contributed by atoms with Crippen molar-refractivity contribution in [2.45, 2.75) is 6.92 Å². The van der Waals surface area contributed by atoms with E-state index < -0.39 is 5.97 Å². The monoisotopic (exact) mass is 321 g/mol. The lowest BCUT2D eigenvalue weighted by molar-refractivity contribution is -0.131. The zero-order valence-electron chi connectivity index (χ0n) is 11.1. The summed E-state index contributed by atoms with van der Waals surface area (Å²) in [6, 6.07) is 8.67. The van der Waals surface area contributed by atoms with Crippen LogP contribution in [0.2, 0.25) is 4.34 Å².